The molecule has 1 aliphatic rings. The van der Waals surface area contributed by atoms with E-state index in [4.69, 9.17) is 4.74 Å². The monoisotopic (exact) mass is 329 g/mol. The molecule has 24 heavy (non-hydrogen) atoms. The van der Waals surface area contributed by atoms with Crippen molar-refractivity contribution in [3.05, 3.63) is 41.9 Å². The second-order valence-electron chi connectivity index (χ2n) is 6.76. The molecule has 3 rings (SSSR count). The highest BCUT2D eigenvalue weighted by molar-refractivity contribution is 5.25. The number of ether oxygens (including phenoxy) is 1. The van der Waals surface area contributed by atoms with Crippen molar-refractivity contribution >= 4 is 0 Å². The molecule has 2 aromatic rings. The topological polar surface area (TPSA) is 46.4 Å². The summed E-state index contributed by atoms with van der Waals surface area (Å²) in [6.07, 6.45) is 8.07. The van der Waals surface area contributed by atoms with Crippen LogP contribution >= 0.6 is 0 Å². The van der Waals surface area contributed by atoms with Gasteiger partial charge in [0.1, 0.15) is 0 Å². The second-order valence-corrected chi connectivity index (χ2v) is 6.76. The van der Waals surface area contributed by atoms with E-state index in [0.717, 1.165) is 31.0 Å². The summed E-state index contributed by atoms with van der Waals surface area (Å²) in [7, 11) is 8.01. The number of nitrogens with zero attached hydrogens (tertiary/aromatic N) is 5. The third-order valence-electron chi connectivity index (χ3n) is 4.91. The molecule has 1 saturated heterocycles. The van der Waals surface area contributed by atoms with Gasteiger partial charge >= 0.3 is 0 Å². The van der Waals surface area contributed by atoms with Gasteiger partial charge in [0.2, 0.25) is 5.88 Å². The van der Waals surface area contributed by atoms with Gasteiger partial charge in [-0.15, -0.1) is 0 Å². The van der Waals surface area contributed by atoms with E-state index < -0.39 is 0 Å². The van der Waals surface area contributed by atoms with Crippen LogP contribution in [0.25, 0.3) is 0 Å². The van der Waals surface area contributed by atoms with Crippen LogP contribution in [-0.2, 0) is 20.0 Å². The molecule has 0 N–H and O–H groups in total. The second kappa shape index (κ2) is 7.32. The Labute approximate surface area is 144 Å². The zero-order valence-electron chi connectivity index (χ0n) is 15.0. The molecule has 0 unspecified atom stereocenters. The smallest absolute Gasteiger partial charge is 0.217 e. The summed E-state index contributed by atoms with van der Waals surface area (Å²) < 4.78 is 7.30. The fourth-order valence-corrected chi connectivity index (χ4v) is 3.73. The summed E-state index contributed by atoms with van der Waals surface area (Å²) >= 11 is 0. The third-order valence-corrected chi connectivity index (χ3v) is 4.91. The van der Waals surface area contributed by atoms with Gasteiger partial charge in [0.25, 0.3) is 0 Å². The lowest BCUT2D eigenvalue weighted by atomic mass is 10.0. The number of hydrogen-bond acceptors (Lipinski definition) is 5. The quantitative estimate of drug-likeness (QED) is 0.805. The van der Waals surface area contributed by atoms with Crippen LogP contribution in [0, 0.1) is 0 Å². The molecule has 1 fully saturated rings. The molecule has 130 valence electrons. The number of likely N-dealkylation sites (tertiary alicyclic amines) is 1. The van der Waals surface area contributed by atoms with Crippen LogP contribution in [0.3, 0.4) is 0 Å². The van der Waals surface area contributed by atoms with Crippen molar-refractivity contribution in [3.63, 3.8) is 0 Å². The third kappa shape index (κ3) is 3.60. The van der Waals surface area contributed by atoms with Crippen molar-refractivity contribution in [1.29, 1.82) is 0 Å². The number of hydrogen-bond donors (Lipinski definition) is 0. The Kier molecular flexibility index (Phi) is 5.16. The first-order chi connectivity index (χ1) is 11.6. The van der Waals surface area contributed by atoms with Crippen LogP contribution in [0.15, 0.2) is 30.7 Å². The maximum absolute atomic E-state index is 5.43. The zero-order chi connectivity index (χ0) is 17.1. The molecule has 0 saturated carbocycles. The molecular formula is C18H27N5O. The van der Waals surface area contributed by atoms with Gasteiger partial charge < -0.3 is 9.64 Å². The highest BCUT2D eigenvalue weighted by Gasteiger charge is 2.35. The highest BCUT2D eigenvalue weighted by atomic mass is 16.5. The summed E-state index contributed by atoms with van der Waals surface area (Å²) in [5.74, 6) is 0.728. The Balaban J connectivity index is 1.79. The van der Waals surface area contributed by atoms with Crippen LogP contribution in [0.2, 0.25) is 0 Å². The average Bonchev–Trinajstić information content (AvgIpc) is 3.15. The minimum atomic E-state index is 0.467. The van der Waals surface area contributed by atoms with Gasteiger partial charge in [-0.3, -0.25) is 9.58 Å². The first-order valence-corrected chi connectivity index (χ1v) is 8.44. The van der Waals surface area contributed by atoms with E-state index in [0.29, 0.717) is 12.1 Å². The molecule has 3 heterocycles. The summed E-state index contributed by atoms with van der Waals surface area (Å²) in [6, 6.07) is 5.10. The number of aromatic nitrogens is 3. The largest absolute Gasteiger partial charge is 0.481 e. The van der Waals surface area contributed by atoms with Crippen molar-refractivity contribution in [1.82, 2.24) is 24.6 Å². The summed E-state index contributed by atoms with van der Waals surface area (Å²) in [5, 5.41) is 4.32. The van der Waals surface area contributed by atoms with E-state index in [1.807, 2.05) is 24.0 Å². The minimum Gasteiger partial charge on any atom is -0.481 e. The van der Waals surface area contributed by atoms with Crippen molar-refractivity contribution < 1.29 is 4.74 Å². The fraction of sp³-hybridized carbons (Fsp3) is 0.556. The number of aryl methyl sites for hydroxylation is 1. The summed E-state index contributed by atoms with van der Waals surface area (Å²) in [6.45, 7) is 1.96. The fourth-order valence-electron chi connectivity index (χ4n) is 3.73. The van der Waals surface area contributed by atoms with Crippen molar-refractivity contribution in [2.45, 2.75) is 31.5 Å². The highest BCUT2D eigenvalue weighted by Crippen LogP contribution is 2.28. The summed E-state index contributed by atoms with van der Waals surface area (Å²) in [4.78, 5) is 9.23. The maximum atomic E-state index is 5.43. The lowest BCUT2D eigenvalue weighted by Gasteiger charge is -2.31. The first kappa shape index (κ1) is 16.9. The van der Waals surface area contributed by atoms with Crippen molar-refractivity contribution in [3.8, 4) is 5.88 Å². The zero-order valence-corrected chi connectivity index (χ0v) is 15.0. The molecule has 0 aromatic carbocycles. The molecule has 0 aliphatic carbocycles. The lowest BCUT2D eigenvalue weighted by Crippen LogP contribution is -2.43. The Morgan fingerprint density at radius 2 is 2.21 bits per heavy atom. The van der Waals surface area contributed by atoms with E-state index >= 15 is 0 Å². The van der Waals surface area contributed by atoms with Gasteiger partial charge in [-0.2, -0.15) is 5.10 Å². The molecule has 2 aromatic heterocycles. The van der Waals surface area contributed by atoms with Gasteiger partial charge in [-0.25, -0.2) is 4.98 Å². The molecular weight excluding hydrogens is 302 g/mol. The van der Waals surface area contributed by atoms with Crippen molar-refractivity contribution in [2.24, 2.45) is 7.05 Å². The van der Waals surface area contributed by atoms with Gasteiger partial charge in [-0.05, 0) is 38.6 Å². The van der Waals surface area contributed by atoms with E-state index in [-0.39, 0.29) is 0 Å². The van der Waals surface area contributed by atoms with E-state index in [1.54, 1.807) is 13.3 Å². The predicted octanol–water partition coefficient (Wildman–Crippen LogP) is 1.57. The SMILES string of the molecule is COc1ncccc1CN1CC[C@@H](N(C)C)[C@@H]1Cc1cnn(C)c1. The Morgan fingerprint density at radius 3 is 2.88 bits per heavy atom. The first-order valence-electron chi connectivity index (χ1n) is 8.44. The molecule has 0 radical (unpaired) electrons. The number of methoxy groups -OCH3 is 1. The minimum absolute atomic E-state index is 0.467. The Bertz CT molecular complexity index is 669. The molecule has 2 atom stereocenters. The van der Waals surface area contributed by atoms with Gasteiger partial charge in [0.15, 0.2) is 0 Å². The van der Waals surface area contributed by atoms with E-state index in [2.05, 4.69) is 46.2 Å². The number of pyridine rings is 1. The standard InChI is InChI=1S/C18H27N5O/c1-21(2)16-7-9-23(13-15-6-5-8-19-18(15)24-4)17(16)10-14-11-20-22(3)12-14/h5-6,8,11-12,16-17H,7,9-10,13H2,1-4H3/t16-,17+/m1/s1. The normalized spacial score (nSPS) is 21.5. The average molecular weight is 329 g/mol. The van der Waals surface area contributed by atoms with Gasteiger partial charge in [0.05, 0.1) is 13.3 Å². The molecule has 6 nitrogen and oxygen atoms in total. The number of likely N-dealkylation sites (N-methyl/N-ethyl adjacent to an activating group) is 1. The van der Waals surface area contributed by atoms with Crippen molar-refractivity contribution in [2.75, 3.05) is 27.7 Å². The van der Waals surface area contributed by atoms with E-state index in [1.165, 1.54) is 12.0 Å². The maximum Gasteiger partial charge on any atom is 0.217 e. The number of rotatable bonds is 6. The Morgan fingerprint density at radius 1 is 1.38 bits per heavy atom. The van der Waals surface area contributed by atoms with Crippen LogP contribution in [0.4, 0.5) is 0 Å². The van der Waals surface area contributed by atoms with Crippen LogP contribution in [-0.4, -0.2) is 64.4 Å². The molecule has 0 amide bonds. The predicted molar refractivity (Wildman–Crippen MR) is 94.0 cm³/mol. The molecule has 0 bridgehead atoms. The summed E-state index contributed by atoms with van der Waals surface area (Å²) in [5.41, 5.74) is 2.44. The van der Waals surface area contributed by atoms with Crippen LogP contribution in [0.5, 0.6) is 5.88 Å². The lowest BCUT2D eigenvalue weighted by molar-refractivity contribution is 0.176. The molecule has 6 heteroatoms. The molecule has 1 aliphatic heterocycles. The Hall–Kier alpha value is -1.92. The van der Waals surface area contributed by atoms with E-state index in [9.17, 15) is 0 Å². The van der Waals surface area contributed by atoms with Gasteiger partial charge in [-0.1, -0.05) is 6.07 Å². The van der Waals surface area contributed by atoms with Crippen LogP contribution in [0.1, 0.15) is 17.5 Å². The molecule has 0 spiro atoms. The van der Waals surface area contributed by atoms with Gasteiger partial charge in [0, 0.05) is 50.2 Å². The van der Waals surface area contributed by atoms with Crippen LogP contribution < -0.4 is 4.74 Å².